The van der Waals surface area contributed by atoms with E-state index >= 15 is 0 Å². The summed E-state index contributed by atoms with van der Waals surface area (Å²) in [6.07, 6.45) is 0. The molecule has 0 saturated heterocycles. The maximum absolute atomic E-state index is 12.6. The molecule has 1 N–H and O–H groups in total. The molecular weight excluding hydrogens is 388 g/mol. The van der Waals surface area contributed by atoms with Crippen molar-refractivity contribution in [3.8, 4) is 11.4 Å². The number of aromatic nitrogens is 5. The van der Waals surface area contributed by atoms with E-state index in [2.05, 4.69) is 25.8 Å². The van der Waals surface area contributed by atoms with Gasteiger partial charge in [0.15, 0.2) is 0 Å². The number of ether oxygens (including phenoxy) is 1. The average Bonchev–Trinajstić information content (AvgIpc) is 3.20. The highest BCUT2D eigenvalue weighted by Crippen LogP contribution is 2.26. The number of anilines is 1. The minimum atomic E-state index is -0.152. The van der Waals surface area contributed by atoms with Gasteiger partial charge in [0.2, 0.25) is 11.1 Å². The van der Waals surface area contributed by atoms with Crippen LogP contribution in [0.4, 0.5) is 5.69 Å². The zero-order chi connectivity index (χ0) is 20.2. The topological polar surface area (TPSA) is 94.8 Å². The third-order valence-electron chi connectivity index (χ3n) is 4.20. The predicted molar refractivity (Wildman–Crippen MR) is 112 cm³/mol. The lowest BCUT2D eigenvalue weighted by Crippen LogP contribution is -2.15. The number of hydrogen-bond acceptors (Lipinski definition) is 7. The lowest BCUT2D eigenvalue weighted by Gasteiger charge is -2.10. The first-order valence-electron chi connectivity index (χ1n) is 8.86. The molecule has 8 nitrogen and oxygen atoms in total. The number of tetrazole rings is 1. The number of aryl methyl sites for hydroxylation is 1. The summed E-state index contributed by atoms with van der Waals surface area (Å²) in [4.78, 5) is 17.1. The van der Waals surface area contributed by atoms with Crippen LogP contribution in [0.25, 0.3) is 16.6 Å². The molecule has 4 aromatic rings. The number of pyridine rings is 1. The fourth-order valence-electron chi connectivity index (χ4n) is 2.95. The van der Waals surface area contributed by atoms with Gasteiger partial charge in [-0.15, -0.1) is 5.10 Å². The molecule has 2 heterocycles. The van der Waals surface area contributed by atoms with Gasteiger partial charge >= 0.3 is 0 Å². The number of rotatable bonds is 6. The molecule has 0 radical (unpaired) electrons. The molecule has 0 aliphatic rings. The van der Waals surface area contributed by atoms with Crippen LogP contribution in [0.2, 0.25) is 0 Å². The predicted octanol–water partition coefficient (Wildman–Crippen LogP) is 3.26. The second-order valence-corrected chi connectivity index (χ2v) is 7.15. The Morgan fingerprint density at radius 3 is 2.83 bits per heavy atom. The van der Waals surface area contributed by atoms with Crippen LogP contribution in [-0.2, 0) is 4.79 Å². The molecule has 2 aromatic heterocycles. The quantitative estimate of drug-likeness (QED) is 0.491. The highest BCUT2D eigenvalue weighted by Gasteiger charge is 2.15. The smallest absolute Gasteiger partial charge is 0.234 e. The number of fused-ring (bicyclic) bond motifs is 1. The van der Waals surface area contributed by atoms with Crippen molar-refractivity contribution in [1.29, 1.82) is 0 Å². The SMILES string of the molecule is COc1ccccc1-n1nnnc1SCC(=O)Nc1cc(C)nc2ccccc12. The number of benzene rings is 2. The van der Waals surface area contributed by atoms with Crippen LogP contribution in [0.1, 0.15) is 5.69 Å². The molecule has 0 spiro atoms. The van der Waals surface area contributed by atoms with Gasteiger partial charge in [-0.05, 0) is 41.6 Å². The Bertz CT molecular complexity index is 1180. The van der Waals surface area contributed by atoms with Gasteiger partial charge in [0.1, 0.15) is 11.4 Å². The Hall–Kier alpha value is -3.46. The molecule has 0 saturated carbocycles. The van der Waals surface area contributed by atoms with Crippen molar-refractivity contribution in [2.75, 3.05) is 18.2 Å². The molecule has 0 unspecified atom stereocenters. The Kier molecular flexibility index (Phi) is 5.39. The van der Waals surface area contributed by atoms with Crippen molar-refractivity contribution in [1.82, 2.24) is 25.2 Å². The molecule has 146 valence electrons. The fraction of sp³-hybridized carbons (Fsp3) is 0.150. The first-order chi connectivity index (χ1) is 14.2. The van der Waals surface area contributed by atoms with Crippen molar-refractivity contribution in [3.63, 3.8) is 0 Å². The summed E-state index contributed by atoms with van der Waals surface area (Å²) in [6.45, 7) is 1.90. The van der Waals surface area contributed by atoms with Crippen LogP contribution >= 0.6 is 11.8 Å². The summed E-state index contributed by atoms with van der Waals surface area (Å²) >= 11 is 1.25. The van der Waals surface area contributed by atoms with E-state index in [1.54, 1.807) is 11.8 Å². The van der Waals surface area contributed by atoms with E-state index in [-0.39, 0.29) is 11.7 Å². The third-order valence-corrected chi connectivity index (χ3v) is 5.12. The van der Waals surface area contributed by atoms with Gasteiger partial charge < -0.3 is 10.1 Å². The second kappa shape index (κ2) is 8.27. The van der Waals surface area contributed by atoms with Crippen LogP contribution in [0.3, 0.4) is 0 Å². The van der Waals surface area contributed by atoms with E-state index in [0.717, 1.165) is 22.3 Å². The molecule has 0 aliphatic carbocycles. The summed E-state index contributed by atoms with van der Waals surface area (Å²) < 4.78 is 6.93. The van der Waals surface area contributed by atoms with Crippen molar-refractivity contribution < 1.29 is 9.53 Å². The number of carbonyl (C=O) groups is 1. The van der Waals surface area contributed by atoms with E-state index in [0.29, 0.717) is 16.6 Å². The van der Waals surface area contributed by atoms with Crippen LogP contribution in [0.15, 0.2) is 59.8 Å². The van der Waals surface area contributed by atoms with Gasteiger partial charge in [0.25, 0.3) is 0 Å². The molecule has 2 aromatic carbocycles. The summed E-state index contributed by atoms with van der Waals surface area (Å²) in [5.41, 5.74) is 3.13. The average molecular weight is 406 g/mol. The molecule has 1 amide bonds. The molecule has 0 fully saturated rings. The van der Waals surface area contributed by atoms with Crippen LogP contribution in [0, 0.1) is 6.92 Å². The summed E-state index contributed by atoms with van der Waals surface area (Å²) in [5.74, 6) is 0.649. The molecule has 0 bridgehead atoms. The zero-order valence-electron chi connectivity index (χ0n) is 15.9. The van der Waals surface area contributed by atoms with E-state index in [4.69, 9.17) is 4.74 Å². The highest BCUT2D eigenvalue weighted by molar-refractivity contribution is 7.99. The number of nitrogens with one attached hydrogen (secondary N) is 1. The van der Waals surface area contributed by atoms with Crippen LogP contribution < -0.4 is 10.1 Å². The monoisotopic (exact) mass is 406 g/mol. The summed E-state index contributed by atoms with van der Waals surface area (Å²) in [5, 5.41) is 16.2. The van der Waals surface area contributed by atoms with Gasteiger partial charge in [0.05, 0.1) is 24.1 Å². The van der Waals surface area contributed by atoms with Crippen molar-refractivity contribution >= 4 is 34.3 Å². The van der Waals surface area contributed by atoms with Crippen LogP contribution in [0.5, 0.6) is 5.75 Å². The largest absolute Gasteiger partial charge is 0.494 e. The molecule has 4 rings (SSSR count). The van der Waals surface area contributed by atoms with Gasteiger partial charge in [-0.1, -0.05) is 42.1 Å². The number of methoxy groups -OCH3 is 1. The lowest BCUT2D eigenvalue weighted by atomic mass is 10.1. The first-order valence-corrected chi connectivity index (χ1v) is 9.85. The number of thioether (sulfide) groups is 1. The second-order valence-electron chi connectivity index (χ2n) is 6.21. The normalized spacial score (nSPS) is 10.8. The minimum absolute atomic E-state index is 0.152. The highest BCUT2D eigenvalue weighted by atomic mass is 32.2. The van der Waals surface area contributed by atoms with E-state index < -0.39 is 0 Å². The van der Waals surface area contributed by atoms with E-state index in [1.807, 2.05) is 61.5 Å². The van der Waals surface area contributed by atoms with Gasteiger partial charge in [-0.2, -0.15) is 4.68 Å². The first kappa shape index (κ1) is 18.9. The van der Waals surface area contributed by atoms with Gasteiger partial charge in [-0.25, -0.2) is 0 Å². The minimum Gasteiger partial charge on any atom is -0.494 e. The standard InChI is InChI=1S/C20H18N6O2S/c1-13-11-16(14-7-3-4-8-15(14)21-13)22-19(27)12-29-20-23-24-25-26(20)17-9-5-6-10-18(17)28-2/h3-11H,12H2,1-2H3,(H,21,22,27). The van der Waals surface area contributed by atoms with Crippen molar-refractivity contribution in [3.05, 3.63) is 60.3 Å². The molecule has 0 aliphatic heterocycles. The number of hydrogen-bond donors (Lipinski definition) is 1. The molecular formula is C20H18N6O2S. The fourth-order valence-corrected chi connectivity index (χ4v) is 3.64. The van der Waals surface area contributed by atoms with Gasteiger partial charge in [-0.3, -0.25) is 9.78 Å². The number of nitrogens with zero attached hydrogens (tertiary/aromatic N) is 5. The van der Waals surface area contributed by atoms with Crippen molar-refractivity contribution in [2.24, 2.45) is 0 Å². The number of amides is 1. The summed E-state index contributed by atoms with van der Waals surface area (Å²) in [7, 11) is 1.59. The number of para-hydroxylation sites is 3. The maximum Gasteiger partial charge on any atom is 0.234 e. The molecule has 29 heavy (non-hydrogen) atoms. The Morgan fingerprint density at radius 1 is 1.17 bits per heavy atom. The lowest BCUT2D eigenvalue weighted by molar-refractivity contribution is -0.113. The Morgan fingerprint density at radius 2 is 1.97 bits per heavy atom. The van der Waals surface area contributed by atoms with E-state index in [1.165, 1.54) is 11.8 Å². The molecule has 0 atom stereocenters. The Balaban J connectivity index is 1.50. The van der Waals surface area contributed by atoms with E-state index in [9.17, 15) is 4.79 Å². The molecule has 9 heteroatoms. The maximum atomic E-state index is 12.6. The third kappa shape index (κ3) is 4.04. The number of carbonyl (C=O) groups excluding carboxylic acids is 1. The van der Waals surface area contributed by atoms with Gasteiger partial charge in [0, 0.05) is 11.1 Å². The zero-order valence-corrected chi connectivity index (χ0v) is 16.7. The summed E-state index contributed by atoms with van der Waals surface area (Å²) in [6, 6.07) is 17.0. The van der Waals surface area contributed by atoms with Crippen molar-refractivity contribution in [2.45, 2.75) is 12.1 Å². The van der Waals surface area contributed by atoms with Crippen LogP contribution in [-0.4, -0.2) is 44.0 Å². The Labute approximate surface area is 171 Å².